The Morgan fingerprint density at radius 1 is 0.750 bits per heavy atom. The highest BCUT2D eigenvalue weighted by Crippen LogP contribution is 2.35. The third-order valence-corrected chi connectivity index (χ3v) is 6.72. The van der Waals surface area contributed by atoms with Crippen molar-refractivity contribution >= 4 is 23.6 Å². The van der Waals surface area contributed by atoms with Crippen molar-refractivity contribution in [1.82, 2.24) is 5.32 Å². The fourth-order valence-corrected chi connectivity index (χ4v) is 4.69. The van der Waals surface area contributed by atoms with Gasteiger partial charge in [0.2, 0.25) is 5.78 Å². The van der Waals surface area contributed by atoms with Crippen LogP contribution in [0.5, 0.6) is 23.0 Å². The highest BCUT2D eigenvalue weighted by atomic mass is 16.5. The summed E-state index contributed by atoms with van der Waals surface area (Å²) in [6.07, 6.45) is 2.66. The first-order valence-electron chi connectivity index (χ1n) is 12.5. The Morgan fingerprint density at radius 2 is 1.40 bits per heavy atom. The molecule has 1 aliphatic rings. The van der Waals surface area contributed by atoms with Crippen molar-refractivity contribution in [2.24, 2.45) is 0 Å². The quantitative estimate of drug-likeness (QED) is 0.144. The number of amides is 1. The van der Waals surface area contributed by atoms with Crippen molar-refractivity contribution in [3.8, 4) is 23.0 Å². The molecule has 0 bridgehead atoms. The van der Waals surface area contributed by atoms with E-state index >= 15 is 0 Å². The van der Waals surface area contributed by atoms with Crippen molar-refractivity contribution in [1.29, 1.82) is 0 Å². The lowest BCUT2D eigenvalue weighted by Gasteiger charge is -2.26. The SMILES string of the molecule is O=C(NC1CCCCCC1OC(=O)c1cc(O)c(C(=O)c2c(O)cccc2C(=O)O)c(O)c1)c1ccc(O)cc1. The maximum absolute atomic E-state index is 13.0. The van der Waals surface area contributed by atoms with Crippen LogP contribution in [0.3, 0.4) is 0 Å². The predicted molar refractivity (Wildman–Crippen MR) is 140 cm³/mol. The molecule has 1 amide bonds. The minimum atomic E-state index is -1.51. The number of aromatic hydroxyl groups is 4. The second-order valence-electron chi connectivity index (χ2n) is 9.43. The summed E-state index contributed by atoms with van der Waals surface area (Å²) in [7, 11) is 0. The van der Waals surface area contributed by atoms with Gasteiger partial charge in [-0.3, -0.25) is 9.59 Å². The molecule has 11 nitrogen and oxygen atoms in total. The first kappa shape index (κ1) is 28.0. The van der Waals surface area contributed by atoms with E-state index in [1.165, 1.54) is 30.3 Å². The van der Waals surface area contributed by atoms with E-state index in [1.54, 1.807) is 0 Å². The van der Waals surface area contributed by atoms with E-state index < -0.39 is 69.7 Å². The zero-order chi connectivity index (χ0) is 29.0. The highest BCUT2D eigenvalue weighted by molar-refractivity contribution is 6.18. The summed E-state index contributed by atoms with van der Waals surface area (Å²) in [5.41, 5.74) is -1.84. The van der Waals surface area contributed by atoms with Crippen LogP contribution in [0.2, 0.25) is 0 Å². The number of hydrogen-bond acceptors (Lipinski definition) is 9. The van der Waals surface area contributed by atoms with Crippen LogP contribution in [-0.4, -0.2) is 61.3 Å². The lowest BCUT2D eigenvalue weighted by atomic mass is 9.95. The molecule has 0 radical (unpaired) electrons. The number of carbonyl (C=O) groups is 4. The number of carboxylic acids is 1. The normalized spacial score (nSPS) is 16.9. The molecule has 0 saturated heterocycles. The number of phenolic OH excluding ortho intramolecular Hbond substituents is 4. The number of aromatic carboxylic acids is 1. The number of ketones is 1. The number of hydrogen-bond donors (Lipinski definition) is 6. The van der Waals surface area contributed by atoms with Crippen LogP contribution in [0.1, 0.15) is 79.1 Å². The molecule has 0 aliphatic heterocycles. The van der Waals surface area contributed by atoms with E-state index in [4.69, 9.17) is 4.74 Å². The molecule has 6 N–H and O–H groups in total. The summed E-state index contributed by atoms with van der Waals surface area (Å²) < 4.78 is 5.67. The van der Waals surface area contributed by atoms with Gasteiger partial charge in [0.15, 0.2) is 0 Å². The zero-order valence-corrected chi connectivity index (χ0v) is 21.2. The second kappa shape index (κ2) is 11.8. The monoisotopic (exact) mass is 549 g/mol. The van der Waals surface area contributed by atoms with Gasteiger partial charge in [0.25, 0.3) is 5.91 Å². The molecule has 2 atom stereocenters. The molecule has 1 aliphatic carbocycles. The number of esters is 1. The molecule has 208 valence electrons. The molecule has 0 spiro atoms. The van der Waals surface area contributed by atoms with Gasteiger partial charge in [-0.25, -0.2) is 9.59 Å². The molecule has 11 heteroatoms. The number of carboxylic acid groups (broad SMARTS) is 1. The van der Waals surface area contributed by atoms with Gasteiger partial charge >= 0.3 is 11.9 Å². The van der Waals surface area contributed by atoms with Gasteiger partial charge < -0.3 is 35.6 Å². The Bertz CT molecular complexity index is 1440. The van der Waals surface area contributed by atoms with Crippen LogP contribution in [0.25, 0.3) is 0 Å². The molecule has 2 unspecified atom stereocenters. The Morgan fingerprint density at radius 3 is 2.05 bits per heavy atom. The van der Waals surface area contributed by atoms with E-state index in [0.717, 1.165) is 43.5 Å². The number of ether oxygens (including phenoxy) is 1. The summed E-state index contributed by atoms with van der Waals surface area (Å²) in [6, 6.07) is 10.4. The Kier molecular flexibility index (Phi) is 8.23. The number of phenols is 4. The maximum Gasteiger partial charge on any atom is 0.338 e. The van der Waals surface area contributed by atoms with Crippen LogP contribution in [0, 0.1) is 0 Å². The molecule has 0 heterocycles. The van der Waals surface area contributed by atoms with E-state index in [2.05, 4.69) is 5.32 Å². The minimum Gasteiger partial charge on any atom is -0.508 e. The van der Waals surface area contributed by atoms with E-state index in [-0.39, 0.29) is 11.3 Å². The topological polar surface area (TPSA) is 191 Å². The van der Waals surface area contributed by atoms with Gasteiger partial charge in [-0.1, -0.05) is 18.9 Å². The second-order valence-corrected chi connectivity index (χ2v) is 9.43. The van der Waals surface area contributed by atoms with Crippen LogP contribution >= 0.6 is 0 Å². The average molecular weight is 550 g/mol. The molecular formula is C29H27NO10. The first-order valence-corrected chi connectivity index (χ1v) is 12.5. The molecule has 4 rings (SSSR count). The lowest BCUT2D eigenvalue weighted by Crippen LogP contribution is -2.44. The predicted octanol–water partition coefficient (Wildman–Crippen LogP) is 3.73. The van der Waals surface area contributed by atoms with Gasteiger partial charge in [0.05, 0.1) is 22.7 Å². The summed E-state index contributed by atoms with van der Waals surface area (Å²) in [4.78, 5) is 50.4. The molecule has 1 saturated carbocycles. The third-order valence-electron chi connectivity index (χ3n) is 6.72. The number of nitrogens with one attached hydrogen (secondary N) is 1. The lowest BCUT2D eigenvalue weighted by molar-refractivity contribution is 0.0178. The van der Waals surface area contributed by atoms with Crippen molar-refractivity contribution < 1.29 is 49.4 Å². The fourth-order valence-electron chi connectivity index (χ4n) is 4.69. The third kappa shape index (κ3) is 5.98. The van der Waals surface area contributed by atoms with Gasteiger partial charge in [0.1, 0.15) is 34.7 Å². The fraction of sp³-hybridized carbons (Fsp3) is 0.241. The standard InChI is InChI=1S/C29H27NO10/c31-17-11-9-15(10-12-17)27(36)30-19-6-2-1-3-8-23(19)40-29(39)16-13-21(33)25(22(34)14-16)26(35)24-18(28(37)38)5-4-7-20(24)32/h4-5,7,9-14,19,23,31-34H,1-3,6,8H2,(H,30,36)(H,37,38). The molecular weight excluding hydrogens is 522 g/mol. The number of benzene rings is 3. The number of carbonyl (C=O) groups excluding carboxylic acids is 3. The first-order chi connectivity index (χ1) is 19.1. The van der Waals surface area contributed by atoms with Gasteiger partial charge in [0, 0.05) is 5.56 Å². The van der Waals surface area contributed by atoms with Crippen molar-refractivity contribution in [2.45, 2.75) is 44.2 Å². The molecule has 0 aromatic heterocycles. The smallest absolute Gasteiger partial charge is 0.338 e. The summed E-state index contributed by atoms with van der Waals surface area (Å²) >= 11 is 0. The molecule has 3 aromatic rings. The molecule has 3 aromatic carbocycles. The van der Waals surface area contributed by atoms with Gasteiger partial charge in [-0.15, -0.1) is 0 Å². The van der Waals surface area contributed by atoms with Crippen molar-refractivity contribution in [2.75, 3.05) is 0 Å². The Labute approximate surface area is 228 Å². The summed E-state index contributed by atoms with van der Waals surface area (Å²) in [5, 5.41) is 52.9. The van der Waals surface area contributed by atoms with E-state index in [0.29, 0.717) is 18.4 Å². The molecule has 1 fully saturated rings. The zero-order valence-electron chi connectivity index (χ0n) is 21.2. The molecule has 40 heavy (non-hydrogen) atoms. The Hall–Kier alpha value is -5.06. The summed E-state index contributed by atoms with van der Waals surface area (Å²) in [6.45, 7) is 0. The van der Waals surface area contributed by atoms with Crippen LogP contribution in [0.15, 0.2) is 54.6 Å². The van der Waals surface area contributed by atoms with Crippen LogP contribution < -0.4 is 5.32 Å². The Balaban J connectivity index is 1.55. The summed E-state index contributed by atoms with van der Waals surface area (Å²) in [5.74, 6) is -6.30. The van der Waals surface area contributed by atoms with Crippen LogP contribution in [-0.2, 0) is 4.74 Å². The van der Waals surface area contributed by atoms with Gasteiger partial charge in [-0.2, -0.15) is 0 Å². The minimum absolute atomic E-state index is 0.0138. The van der Waals surface area contributed by atoms with Crippen molar-refractivity contribution in [3.05, 3.63) is 82.4 Å². The van der Waals surface area contributed by atoms with Crippen LogP contribution in [0.4, 0.5) is 0 Å². The average Bonchev–Trinajstić information content (AvgIpc) is 3.12. The van der Waals surface area contributed by atoms with E-state index in [9.17, 15) is 44.7 Å². The van der Waals surface area contributed by atoms with E-state index in [1.807, 2.05) is 0 Å². The van der Waals surface area contributed by atoms with Crippen molar-refractivity contribution in [3.63, 3.8) is 0 Å². The van der Waals surface area contributed by atoms with Gasteiger partial charge in [-0.05, 0) is 67.8 Å². The maximum atomic E-state index is 13.0. The largest absolute Gasteiger partial charge is 0.508 e. The number of rotatable bonds is 7. The highest BCUT2D eigenvalue weighted by Gasteiger charge is 2.31.